The van der Waals surface area contributed by atoms with Crippen LogP contribution in [0.25, 0.3) is 0 Å². The van der Waals surface area contributed by atoms with E-state index in [2.05, 4.69) is 45.6 Å². The Morgan fingerprint density at radius 3 is 2.55 bits per heavy atom. The summed E-state index contributed by atoms with van der Waals surface area (Å²) in [6.45, 7) is 12.4. The standard InChI is InChI=1S/C24H34O4Si/c1-15(25)24(27)12-10-19-18-8-7-16-13-17(26)9-11-22(16,2)21(18)20(14-23(19,24)3)28-29(4,5)6/h9-13,18-21,27H,7-8,14H2,1-6H3/t18-,19-,20-,21+,22-,23-,24-/m0/s1. The summed E-state index contributed by atoms with van der Waals surface area (Å²) in [6, 6.07) is 0. The molecule has 0 aromatic carbocycles. The van der Waals surface area contributed by atoms with Gasteiger partial charge in [0, 0.05) is 16.9 Å². The normalized spacial score (nSPS) is 46.0. The maximum absolute atomic E-state index is 12.5. The van der Waals surface area contributed by atoms with Crippen molar-refractivity contribution in [1.82, 2.24) is 0 Å². The van der Waals surface area contributed by atoms with E-state index >= 15 is 0 Å². The highest BCUT2D eigenvalue weighted by molar-refractivity contribution is 6.69. The third kappa shape index (κ3) is 2.92. The third-order valence-corrected chi connectivity index (χ3v) is 9.19. The summed E-state index contributed by atoms with van der Waals surface area (Å²) in [6.07, 6.45) is 11.9. The quantitative estimate of drug-likeness (QED) is 0.555. The molecule has 0 bridgehead atoms. The van der Waals surface area contributed by atoms with Gasteiger partial charge in [0.05, 0.1) is 0 Å². The van der Waals surface area contributed by atoms with Crippen molar-refractivity contribution in [2.24, 2.45) is 28.6 Å². The van der Waals surface area contributed by atoms with Gasteiger partial charge in [0.1, 0.15) is 5.60 Å². The lowest BCUT2D eigenvalue weighted by atomic mass is 9.46. The molecule has 0 heterocycles. The van der Waals surface area contributed by atoms with Gasteiger partial charge in [-0.25, -0.2) is 0 Å². The van der Waals surface area contributed by atoms with Gasteiger partial charge in [-0.2, -0.15) is 0 Å². The van der Waals surface area contributed by atoms with Gasteiger partial charge in [0.15, 0.2) is 19.9 Å². The van der Waals surface area contributed by atoms with Crippen molar-refractivity contribution >= 4 is 19.9 Å². The molecular formula is C24H34O4Si. The molecular weight excluding hydrogens is 380 g/mol. The molecule has 4 rings (SSSR count). The largest absolute Gasteiger partial charge is 0.414 e. The van der Waals surface area contributed by atoms with Crippen LogP contribution in [0.15, 0.2) is 36.0 Å². The molecule has 0 aromatic heterocycles. The second-order valence-electron chi connectivity index (χ2n) is 11.0. The smallest absolute Gasteiger partial charge is 0.184 e. The van der Waals surface area contributed by atoms with E-state index in [-0.39, 0.29) is 34.9 Å². The van der Waals surface area contributed by atoms with Gasteiger partial charge in [0.2, 0.25) is 0 Å². The Bertz CT molecular complexity index is 849. The van der Waals surface area contributed by atoms with Crippen LogP contribution in [-0.2, 0) is 14.0 Å². The molecule has 0 aromatic rings. The summed E-state index contributed by atoms with van der Waals surface area (Å²) in [5, 5.41) is 11.4. The Labute approximate surface area is 175 Å². The molecule has 0 spiro atoms. The van der Waals surface area contributed by atoms with Gasteiger partial charge < -0.3 is 9.53 Å². The molecule has 2 fully saturated rings. The van der Waals surface area contributed by atoms with Crippen LogP contribution < -0.4 is 0 Å². The Balaban J connectivity index is 1.83. The van der Waals surface area contributed by atoms with Crippen molar-refractivity contribution in [1.29, 1.82) is 0 Å². The average molecular weight is 415 g/mol. The predicted octanol–water partition coefficient (Wildman–Crippen LogP) is 4.22. The molecule has 4 aliphatic carbocycles. The highest BCUT2D eigenvalue weighted by Crippen LogP contribution is 2.65. The predicted molar refractivity (Wildman–Crippen MR) is 116 cm³/mol. The lowest BCUT2D eigenvalue weighted by Crippen LogP contribution is -2.62. The van der Waals surface area contributed by atoms with E-state index in [9.17, 15) is 14.7 Å². The maximum Gasteiger partial charge on any atom is 0.184 e. The fraction of sp³-hybridized carbons (Fsp3) is 0.667. The molecule has 0 unspecified atom stereocenters. The van der Waals surface area contributed by atoms with E-state index < -0.39 is 19.3 Å². The van der Waals surface area contributed by atoms with Crippen molar-refractivity contribution in [2.75, 3.05) is 0 Å². The summed E-state index contributed by atoms with van der Waals surface area (Å²) in [7, 11) is -1.87. The number of fused-ring (bicyclic) bond motifs is 5. The van der Waals surface area contributed by atoms with Gasteiger partial charge in [-0.1, -0.05) is 31.6 Å². The molecule has 5 heteroatoms. The van der Waals surface area contributed by atoms with Crippen molar-refractivity contribution in [3.63, 3.8) is 0 Å². The number of hydrogen-bond acceptors (Lipinski definition) is 4. The first-order valence-corrected chi connectivity index (χ1v) is 14.3. The number of carbonyl (C=O) groups is 2. The summed E-state index contributed by atoms with van der Waals surface area (Å²) in [4.78, 5) is 24.6. The summed E-state index contributed by atoms with van der Waals surface area (Å²) < 4.78 is 6.78. The first-order valence-electron chi connectivity index (χ1n) is 10.9. The average Bonchev–Trinajstić information content (AvgIpc) is 2.86. The van der Waals surface area contributed by atoms with Crippen LogP contribution in [0.4, 0.5) is 0 Å². The Morgan fingerprint density at radius 1 is 1.24 bits per heavy atom. The molecule has 7 atom stereocenters. The molecule has 0 aliphatic heterocycles. The van der Waals surface area contributed by atoms with E-state index in [0.717, 1.165) is 12.8 Å². The number of Topliss-reactive ketones (excluding diaryl/α,β-unsaturated/α-hetero) is 1. The van der Waals surface area contributed by atoms with Gasteiger partial charge in [-0.15, -0.1) is 0 Å². The van der Waals surface area contributed by atoms with Crippen LogP contribution in [0.1, 0.15) is 40.0 Å². The molecule has 158 valence electrons. The minimum atomic E-state index is -1.87. The highest BCUT2D eigenvalue weighted by Gasteiger charge is 2.66. The monoisotopic (exact) mass is 414 g/mol. The molecule has 1 N–H and O–H groups in total. The Morgan fingerprint density at radius 2 is 1.93 bits per heavy atom. The van der Waals surface area contributed by atoms with Crippen molar-refractivity contribution < 1.29 is 19.1 Å². The second kappa shape index (κ2) is 6.35. The second-order valence-corrected chi connectivity index (χ2v) is 15.5. The number of hydrogen-bond donors (Lipinski definition) is 1. The third-order valence-electron chi connectivity index (χ3n) is 8.18. The fourth-order valence-corrected chi connectivity index (χ4v) is 7.99. The molecule has 4 aliphatic rings. The topological polar surface area (TPSA) is 63.6 Å². The van der Waals surface area contributed by atoms with Crippen LogP contribution >= 0.6 is 0 Å². The lowest BCUT2D eigenvalue weighted by Gasteiger charge is -2.61. The number of aliphatic hydroxyl groups is 1. The van der Waals surface area contributed by atoms with Gasteiger partial charge in [-0.05, 0) is 81.8 Å². The SMILES string of the molecule is CC(=O)[C@@]1(O)C=C[C@H]2[C@@H]3CCC4=CC(=O)C=C[C@]4(C)[C@H]3[C@@H](O[Si](C)(C)C)C[C@@]21C. The van der Waals surface area contributed by atoms with E-state index in [1.54, 1.807) is 12.2 Å². The van der Waals surface area contributed by atoms with E-state index in [1.165, 1.54) is 12.5 Å². The van der Waals surface area contributed by atoms with Gasteiger partial charge in [-0.3, -0.25) is 9.59 Å². The van der Waals surface area contributed by atoms with E-state index in [4.69, 9.17) is 4.43 Å². The zero-order valence-electron chi connectivity index (χ0n) is 18.5. The summed E-state index contributed by atoms with van der Waals surface area (Å²) >= 11 is 0. The zero-order chi connectivity index (χ0) is 21.4. The molecule has 29 heavy (non-hydrogen) atoms. The molecule has 4 nitrogen and oxygen atoms in total. The highest BCUT2D eigenvalue weighted by atomic mass is 28.4. The number of allylic oxidation sites excluding steroid dienone is 5. The van der Waals surface area contributed by atoms with Crippen molar-refractivity contribution in [3.05, 3.63) is 36.0 Å². The van der Waals surface area contributed by atoms with E-state index in [1.807, 2.05) is 6.08 Å². The van der Waals surface area contributed by atoms with Crippen LogP contribution in [0, 0.1) is 28.6 Å². The zero-order valence-corrected chi connectivity index (χ0v) is 19.5. The maximum atomic E-state index is 12.5. The van der Waals surface area contributed by atoms with E-state index in [0.29, 0.717) is 12.3 Å². The molecule has 0 saturated heterocycles. The molecule has 2 saturated carbocycles. The number of carbonyl (C=O) groups excluding carboxylic acids is 2. The van der Waals surface area contributed by atoms with Gasteiger partial charge >= 0.3 is 0 Å². The molecule has 0 radical (unpaired) electrons. The van der Waals surface area contributed by atoms with Gasteiger partial charge in [0.25, 0.3) is 0 Å². The summed E-state index contributed by atoms with van der Waals surface area (Å²) in [5.41, 5.74) is -0.995. The first kappa shape index (κ1) is 20.9. The summed E-state index contributed by atoms with van der Waals surface area (Å²) in [5.74, 6) is 0.559. The molecule has 0 amide bonds. The lowest BCUT2D eigenvalue weighted by molar-refractivity contribution is -0.166. The Hall–Kier alpha value is -1.30. The number of rotatable bonds is 3. The minimum absolute atomic E-state index is 0.0507. The van der Waals surface area contributed by atoms with Crippen LogP contribution in [0.3, 0.4) is 0 Å². The minimum Gasteiger partial charge on any atom is -0.414 e. The first-order chi connectivity index (χ1) is 13.3. The van der Waals surface area contributed by atoms with Crippen molar-refractivity contribution in [3.8, 4) is 0 Å². The number of ketones is 2. The fourth-order valence-electron chi connectivity index (χ4n) is 6.86. The van der Waals surface area contributed by atoms with Crippen LogP contribution in [0.2, 0.25) is 19.6 Å². The van der Waals surface area contributed by atoms with Crippen molar-refractivity contribution in [2.45, 2.75) is 71.4 Å². The van der Waals surface area contributed by atoms with Crippen LogP contribution in [-0.4, -0.2) is 36.7 Å². The Kier molecular flexibility index (Phi) is 4.59. The van der Waals surface area contributed by atoms with Crippen LogP contribution in [0.5, 0.6) is 0 Å².